The van der Waals surface area contributed by atoms with Gasteiger partial charge in [0.05, 0.1) is 135 Å². The number of nitrogens with zero attached hydrogens (tertiary/aromatic N) is 10. The van der Waals surface area contributed by atoms with E-state index in [0.29, 0.717) is 137 Å². The second-order valence-corrected chi connectivity index (χ2v) is 29.2. The highest BCUT2D eigenvalue weighted by molar-refractivity contribution is 7.23. The number of amides is 5. The lowest BCUT2D eigenvalue weighted by Crippen LogP contribution is -2.49. The first-order valence-corrected chi connectivity index (χ1v) is 38.9. The van der Waals surface area contributed by atoms with Crippen LogP contribution in [0.5, 0.6) is 51.7 Å². The minimum atomic E-state index is -1.46. The number of thiazole rings is 3. The fourth-order valence-electron chi connectivity index (χ4n) is 13.1. The van der Waals surface area contributed by atoms with Gasteiger partial charge in [0.1, 0.15) is 23.4 Å². The number of methoxy groups -OCH3 is 6. The first kappa shape index (κ1) is 81.5. The molecular weight excluding hydrogens is 1560 g/mol. The van der Waals surface area contributed by atoms with E-state index in [9.17, 15) is 35.6 Å². The average Bonchev–Trinajstić information content (AvgIpc) is 1.52. The Kier molecular flexibility index (Phi) is 26.2. The van der Waals surface area contributed by atoms with Crippen molar-refractivity contribution in [2.75, 3.05) is 124 Å². The highest BCUT2D eigenvalue weighted by atomic mass is 32.1. The van der Waals surface area contributed by atoms with Crippen molar-refractivity contribution in [2.45, 2.75) is 24.5 Å². The lowest BCUT2D eigenvalue weighted by Gasteiger charge is -2.40. The van der Waals surface area contributed by atoms with Gasteiger partial charge in [-0.25, -0.2) is 15.0 Å². The van der Waals surface area contributed by atoms with Crippen molar-refractivity contribution in [1.29, 1.82) is 15.8 Å². The van der Waals surface area contributed by atoms with Crippen molar-refractivity contribution < 1.29 is 81.6 Å². The van der Waals surface area contributed by atoms with Gasteiger partial charge in [0, 0.05) is 103 Å². The predicted molar refractivity (Wildman–Crippen MR) is 437 cm³/mol. The lowest BCUT2D eigenvalue weighted by molar-refractivity contribution is -0.126. The average molecular weight is 1630 g/mol. The highest BCUT2D eigenvalue weighted by Crippen LogP contribution is 2.42. The van der Waals surface area contributed by atoms with Crippen molar-refractivity contribution in [3.8, 4) is 70.0 Å². The summed E-state index contributed by atoms with van der Waals surface area (Å²) in [6.07, 6.45) is -5.55. The number of morpholine rings is 1. The zero-order valence-electron chi connectivity index (χ0n) is 63.9. The summed E-state index contributed by atoms with van der Waals surface area (Å²) < 4.78 is 60.7. The summed E-state index contributed by atoms with van der Waals surface area (Å²) in [5.74, 6) is -0.127. The molecule has 5 amide bonds. The largest absolute Gasteiger partial charge is 0.493 e. The number of carbonyl (C=O) groups is 5. The molecule has 0 radical (unpaired) electrons. The number of fused-ring (bicyclic) bond motifs is 3. The number of nitrogens with one attached hydrogen (secondary N) is 2. The molecule has 3 unspecified atom stereocenters. The number of aliphatic hydroxyl groups is 2. The van der Waals surface area contributed by atoms with Gasteiger partial charge in [0.25, 0.3) is 29.5 Å². The van der Waals surface area contributed by atoms with Crippen LogP contribution in [0, 0.1) is 34.0 Å². The van der Waals surface area contributed by atoms with Gasteiger partial charge < -0.3 is 67.4 Å². The van der Waals surface area contributed by atoms with E-state index in [0.717, 1.165) is 0 Å². The molecule has 3 aromatic heterocycles. The van der Waals surface area contributed by atoms with Gasteiger partial charge in [0.15, 0.2) is 49.9 Å². The molecule has 3 atom stereocenters. The molecule has 12 aromatic rings. The van der Waals surface area contributed by atoms with Gasteiger partial charge >= 0.3 is 0 Å². The maximum absolute atomic E-state index is 15.7. The Labute approximate surface area is 683 Å². The quantitative estimate of drug-likeness (QED) is 0.0278. The number of carbonyl (C=O) groups excluding carboxylic acids is 5. The summed E-state index contributed by atoms with van der Waals surface area (Å²) in [4.78, 5) is 96.5. The molecule has 1 saturated heterocycles. The first-order chi connectivity index (χ1) is 57.0. The van der Waals surface area contributed by atoms with Crippen molar-refractivity contribution >= 4 is 110 Å². The second-order valence-electron chi connectivity index (χ2n) is 26.1. The maximum atomic E-state index is 15.7. The molecule has 29 nitrogen and oxygen atoms in total. The van der Waals surface area contributed by atoms with Gasteiger partial charge in [0.2, 0.25) is 18.3 Å². The summed E-state index contributed by atoms with van der Waals surface area (Å²) in [6, 6.07) is 53.5. The third kappa shape index (κ3) is 18.7. The van der Waals surface area contributed by atoms with Crippen molar-refractivity contribution in [3.05, 3.63) is 232 Å². The van der Waals surface area contributed by atoms with Crippen LogP contribution in [0.1, 0.15) is 84.1 Å². The van der Waals surface area contributed by atoms with Gasteiger partial charge in [-0.1, -0.05) is 82.5 Å². The molecule has 1 fully saturated rings. The second kappa shape index (κ2) is 37.6. The first-order valence-electron chi connectivity index (χ1n) is 36.4. The predicted octanol–water partition coefficient (Wildman–Crippen LogP) is 12.5. The van der Waals surface area contributed by atoms with Crippen molar-refractivity contribution in [1.82, 2.24) is 29.7 Å². The Bertz CT molecular complexity index is 5350. The van der Waals surface area contributed by atoms with Crippen LogP contribution in [-0.2, 0) is 19.1 Å². The Balaban J connectivity index is 0.843. The number of anilines is 3. The van der Waals surface area contributed by atoms with Crippen molar-refractivity contribution in [2.24, 2.45) is 0 Å². The molecule has 4 N–H and O–H groups in total. The number of ether oxygens (including phenoxy) is 10. The van der Waals surface area contributed by atoms with Gasteiger partial charge in [-0.2, -0.15) is 15.8 Å². The number of hydrogen-bond acceptors (Lipinski definition) is 27. The summed E-state index contributed by atoms with van der Waals surface area (Å²) in [5, 5.41) is 58.1. The molecule has 13 rings (SSSR count). The number of hydrogen-bond donors (Lipinski definition) is 4. The van der Waals surface area contributed by atoms with E-state index < -0.39 is 80.3 Å². The molecule has 32 heteroatoms. The maximum Gasteiger partial charge on any atom is 0.274 e. The van der Waals surface area contributed by atoms with Crippen LogP contribution in [0.25, 0.3) is 30.6 Å². The highest BCUT2D eigenvalue weighted by Gasteiger charge is 2.37. The minimum Gasteiger partial charge on any atom is -0.493 e. The summed E-state index contributed by atoms with van der Waals surface area (Å²) >= 11 is 3.64. The Morgan fingerprint density at radius 1 is 0.453 bits per heavy atom. The Morgan fingerprint density at radius 3 is 1.17 bits per heavy atom. The molecule has 0 saturated carbocycles. The molecule has 1 aliphatic rings. The van der Waals surface area contributed by atoms with Crippen LogP contribution >= 0.6 is 34.0 Å². The van der Waals surface area contributed by atoms with Gasteiger partial charge in [-0.3, -0.25) is 44.4 Å². The van der Waals surface area contributed by atoms with E-state index in [1.165, 1.54) is 135 Å². The molecule has 117 heavy (non-hydrogen) atoms. The van der Waals surface area contributed by atoms with E-state index in [1.807, 2.05) is 0 Å². The zero-order chi connectivity index (χ0) is 82.2. The molecular formula is C85H76N12O17S3. The van der Waals surface area contributed by atoms with Gasteiger partial charge in [-0.15, -0.1) is 0 Å². The molecule has 0 bridgehead atoms. The smallest absolute Gasteiger partial charge is 0.274 e. The van der Waals surface area contributed by atoms with Crippen LogP contribution in [0.2, 0.25) is 0 Å². The molecule has 4 heterocycles. The third-order valence-corrected chi connectivity index (χ3v) is 21.9. The Morgan fingerprint density at radius 2 is 0.795 bits per heavy atom. The number of aromatic nitrogens is 3. The van der Waals surface area contributed by atoms with Crippen LogP contribution in [0.3, 0.4) is 0 Å². The van der Waals surface area contributed by atoms with Crippen LogP contribution in [0.15, 0.2) is 182 Å². The monoisotopic (exact) mass is 1630 g/mol. The summed E-state index contributed by atoms with van der Waals surface area (Å²) in [6.45, 7) is 0.783. The fraction of sp³-hybridized carbons (Fsp3) is 0.235. The number of nitriles is 3. The normalized spacial score (nSPS) is 13.0. The molecule has 0 aliphatic carbocycles. The van der Waals surface area contributed by atoms with E-state index in [-0.39, 0.29) is 50.7 Å². The number of aliphatic hydroxyl groups excluding tert-OH is 2. The van der Waals surface area contributed by atoms with E-state index in [1.54, 1.807) is 138 Å². The summed E-state index contributed by atoms with van der Waals surface area (Å²) in [7, 11) is 9.06. The number of benzene rings is 9. The zero-order valence-corrected chi connectivity index (χ0v) is 66.4. The molecule has 0 spiro atoms. The molecule has 9 aromatic carbocycles. The fourth-order valence-corrected chi connectivity index (χ4v) is 15.8. The van der Waals surface area contributed by atoms with Crippen LogP contribution < -0.4 is 58.2 Å². The van der Waals surface area contributed by atoms with E-state index in [2.05, 4.69) is 43.7 Å². The van der Waals surface area contributed by atoms with Crippen molar-refractivity contribution in [3.63, 3.8) is 0 Å². The van der Waals surface area contributed by atoms with Gasteiger partial charge in [-0.05, 0) is 103 Å². The van der Waals surface area contributed by atoms with E-state index >= 15 is 14.4 Å². The third-order valence-electron chi connectivity index (χ3n) is 19.0. The summed E-state index contributed by atoms with van der Waals surface area (Å²) in [5.41, 5.74) is 4.02. The van der Waals surface area contributed by atoms with Crippen LogP contribution in [-0.4, -0.2) is 178 Å². The van der Waals surface area contributed by atoms with Crippen LogP contribution in [0.4, 0.5) is 15.4 Å². The Hall–Kier alpha value is -13.5. The SMILES string of the molecule is COc1cc2nc(NC(=O)C(Oc3ccc(C(=O)N(CCO)C(c4ccc(OC(C(=O)N(CCN5CCOCC5)c5nc6cc(OC)c(OC)cc6s5)c5ccc(C#N)cc5)cc4)N(CCO)C(=O)c4ccc(OC(C(=O)Nc5nc6cc(OC)c(OC)cc6s5)c5ccc(C#N)cc5)cc4)cc3)c3ccc(C#N)cc3)sc2cc1OC. The topological polar surface area (TPSA) is 365 Å². The standard InChI is InChI=1S/C85H76N12O17S3/c1-105-65-41-62-71(44-68(65)108-4)115-83(89-62)92-77(100)74(53-13-7-50(47-86)8-14-53)112-59-27-21-57(22-28-59)80(102)95(33-37-98)79(96(34-38-99)81(103)58-23-29-60(30-24-58)113-75(54-15-9-51(48-87)10-16-54)78(101)93-84-90-63-42-66(106-2)69(109-5)45-72(63)116-84)56-19-25-61(26-20-56)114-76(55-17-11-52(49-88)12-18-55)82(104)97(32-31-94-35-39-111-40-36-94)85-91-64-43-67(107-3)70(110-6)46-73(64)117-85/h7-30,41-46,74-76,79,98-99H,31-40H2,1-6H3,(H,89,92,100)(H,90,93,101). The minimum absolute atomic E-state index is 0.0242. The molecule has 596 valence electrons. The lowest BCUT2D eigenvalue weighted by atomic mass is 10.0. The molecule has 1 aliphatic heterocycles. The van der Waals surface area contributed by atoms with E-state index in [4.69, 9.17) is 52.4 Å². The number of rotatable bonds is 33.